The van der Waals surface area contributed by atoms with Crippen LogP contribution in [0.15, 0.2) is 36.7 Å². The Morgan fingerprint density at radius 3 is 2.74 bits per heavy atom. The summed E-state index contributed by atoms with van der Waals surface area (Å²) < 4.78 is 48.2. The Morgan fingerprint density at radius 2 is 2.09 bits per heavy atom. The second-order valence-corrected chi connectivity index (χ2v) is 4.83. The van der Waals surface area contributed by atoms with Gasteiger partial charge in [-0.25, -0.2) is 0 Å². The van der Waals surface area contributed by atoms with Crippen molar-refractivity contribution in [3.05, 3.63) is 42.2 Å². The smallest absolute Gasteiger partial charge is 0.422 e. The zero-order valence-corrected chi connectivity index (χ0v) is 12.6. The molecule has 0 aliphatic rings. The van der Waals surface area contributed by atoms with Gasteiger partial charge in [-0.1, -0.05) is 6.07 Å². The fourth-order valence-electron chi connectivity index (χ4n) is 1.96. The standard InChI is InChI=1S/C15H18F3N3O2/c1-22-14-9-12(3-4-13(14)23-11-15(16,17)18)10-19-6-8-21-7-2-5-20-21/h2-5,7,9,19H,6,8,10-11H2,1H3. The third-order valence-corrected chi connectivity index (χ3v) is 3.03. The average molecular weight is 329 g/mol. The van der Waals surface area contributed by atoms with Gasteiger partial charge in [-0.2, -0.15) is 18.3 Å². The minimum Gasteiger partial charge on any atom is -0.493 e. The van der Waals surface area contributed by atoms with E-state index in [1.807, 2.05) is 16.9 Å². The van der Waals surface area contributed by atoms with Crippen molar-refractivity contribution in [3.63, 3.8) is 0 Å². The van der Waals surface area contributed by atoms with Crippen molar-refractivity contribution in [3.8, 4) is 11.5 Å². The number of hydrogen-bond donors (Lipinski definition) is 1. The van der Waals surface area contributed by atoms with Gasteiger partial charge in [0.1, 0.15) is 0 Å². The van der Waals surface area contributed by atoms with Crippen molar-refractivity contribution in [2.45, 2.75) is 19.3 Å². The highest BCUT2D eigenvalue weighted by atomic mass is 19.4. The van der Waals surface area contributed by atoms with Gasteiger partial charge < -0.3 is 14.8 Å². The zero-order chi connectivity index (χ0) is 16.7. The van der Waals surface area contributed by atoms with Gasteiger partial charge in [-0.05, 0) is 23.8 Å². The maximum atomic E-state index is 12.2. The molecule has 0 aliphatic carbocycles. The van der Waals surface area contributed by atoms with E-state index in [1.54, 1.807) is 18.3 Å². The highest BCUT2D eigenvalue weighted by Gasteiger charge is 2.29. The van der Waals surface area contributed by atoms with Gasteiger partial charge in [-0.3, -0.25) is 4.68 Å². The lowest BCUT2D eigenvalue weighted by Crippen LogP contribution is -2.20. The second kappa shape index (κ2) is 7.87. The number of halogens is 3. The van der Waals surface area contributed by atoms with E-state index >= 15 is 0 Å². The quantitative estimate of drug-likeness (QED) is 0.757. The van der Waals surface area contributed by atoms with E-state index in [0.717, 1.165) is 18.7 Å². The highest BCUT2D eigenvalue weighted by molar-refractivity contribution is 5.43. The molecule has 0 fully saturated rings. The van der Waals surface area contributed by atoms with Gasteiger partial charge in [0.15, 0.2) is 18.1 Å². The van der Waals surface area contributed by atoms with Crippen molar-refractivity contribution in [1.82, 2.24) is 15.1 Å². The summed E-state index contributed by atoms with van der Waals surface area (Å²) in [4.78, 5) is 0. The molecule has 23 heavy (non-hydrogen) atoms. The Hall–Kier alpha value is -2.22. The largest absolute Gasteiger partial charge is 0.493 e. The van der Waals surface area contributed by atoms with Gasteiger partial charge in [-0.15, -0.1) is 0 Å². The van der Waals surface area contributed by atoms with Crippen LogP contribution in [0.5, 0.6) is 11.5 Å². The maximum Gasteiger partial charge on any atom is 0.422 e. The summed E-state index contributed by atoms with van der Waals surface area (Å²) in [5.41, 5.74) is 0.890. The molecule has 5 nitrogen and oxygen atoms in total. The molecule has 0 atom stereocenters. The Kier molecular flexibility index (Phi) is 5.86. The fraction of sp³-hybridized carbons (Fsp3) is 0.400. The van der Waals surface area contributed by atoms with Crippen LogP contribution in [0, 0.1) is 0 Å². The predicted octanol–water partition coefficient (Wildman–Crippen LogP) is 2.62. The molecule has 0 amide bonds. The molecule has 0 radical (unpaired) electrons. The molecule has 0 bridgehead atoms. The summed E-state index contributed by atoms with van der Waals surface area (Å²) >= 11 is 0. The van der Waals surface area contributed by atoms with Crippen LogP contribution in [-0.2, 0) is 13.1 Å². The minimum absolute atomic E-state index is 0.0742. The fourth-order valence-corrected chi connectivity index (χ4v) is 1.96. The molecule has 0 unspecified atom stereocenters. The van der Waals surface area contributed by atoms with Crippen LogP contribution in [0.1, 0.15) is 5.56 Å². The van der Waals surface area contributed by atoms with E-state index < -0.39 is 12.8 Å². The zero-order valence-electron chi connectivity index (χ0n) is 12.6. The first-order valence-corrected chi connectivity index (χ1v) is 7.02. The monoisotopic (exact) mass is 329 g/mol. The van der Waals surface area contributed by atoms with Gasteiger partial charge in [0, 0.05) is 25.5 Å². The van der Waals surface area contributed by atoms with Crippen molar-refractivity contribution < 1.29 is 22.6 Å². The van der Waals surface area contributed by atoms with E-state index in [0.29, 0.717) is 6.54 Å². The van der Waals surface area contributed by atoms with E-state index in [9.17, 15) is 13.2 Å². The SMILES string of the molecule is COc1cc(CNCCn2cccn2)ccc1OCC(F)(F)F. The molecule has 126 valence electrons. The first-order chi connectivity index (χ1) is 11.0. The van der Waals surface area contributed by atoms with Crippen LogP contribution in [0.3, 0.4) is 0 Å². The van der Waals surface area contributed by atoms with Crippen molar-refractivity contribution in [2.75, 3.05) is 20.3 Å². The molecular weight excluding hydrogens is 311 g/mol. The number of ether oxygens (including phenoxy) is 2. The second-order valence-electron chi connectivity index (χ2n) is 4.83. The number of alkyl halides is 3. The summed E-state index contributed by atoms with van der Waals surface area (Å²) in [5.74, 6) is 0.353. The normalized spacial score (nSPS) is 11.5. The van der Waals surface area contributed by atoms with Crippen molar-refractivity contribution >= 4 is 0 Å². The molecule has 8 heteroatoms. The molecule has 1 heterocycles. The van der Waals surface area contributed by atoms with Crippen LogP contribution < -0.4 is 14.8 Å². The first kappa shape index (κ1) is 17.1. The van der Waals surface area contributed by atoms with Gasteiger partial charge in [0.2, 0.25) is 0 Å². The van der Waals surface area contributed by atoms with E-state index in [2.05, 4.69) is 10.4 Å². The number of nitrogens with zero attached hydrogens (tertiary/aromatic N) is 2. The molecule has 1 N–H and O–H groups in total. The Balaban J connectivity index is 1.85. The van der Waals surface area contributed by atoms with Crippen molar-refractivity contribution in [2.24, 2.45) is 0 Å². The highest BCUT2D eigenvalue weighted by Crippen LogP contribution is 2.29. The predicted molar refractivity (Wildman–Crippen MR) is 78.5 cm³/mol. The van der Waals surface area contributed by atoms with Crippen LogP contribution in [0.2, 0.25) is 0 Å². The Labute approximate surface area is 132 Å². The number of rotatable bonds is 8. The van der Waals surface area contributed by atoms with Gasteiger partial charge in [0.05, 0.1) is 13.7 Å². The van der Waals surface area contributed by atoms with Crippen LogP contribution in [0.25, 0.3) is 0 Å². The summed E-state index contributed by atoms with van der Waals surface area (Å²) in [7, 11) is 1.39. The van der Waals surface area contributed by atoms with Gasteiger partial charge in [0.25, 0.3) is 0 Å². The third kappa shape index (κ3) is 5.82. The Bertz CT molecular complexity index is 601. The summed E-state index contributed by atoms with van der Waals surface area (Å²) in [6.45, 7) is 0.676. The maximum absolute atomic E-state index is 12.2. The molecular formula is C15H18F3N3O2. The topological polar surface area (TPSA) is 48.3 Å². The third-order valence-electron chi connectivity index (χ3n) is 3.03. The van der Waals surface area contributed by atoms with E-state index in [-0.39, 0.29) is 11.5 Å². The molecule has 1 aromatic heterocycles. The molecule has 0 spiro atoms. The van der Waals surface area contributed by atoms with E-state index in [4.69, 9.17) is 9.47 Å². The molecule has 0 saturated carbocycles. The van der Waals surface area contributed by atoms with Crippen molar-refractivity contribution in [1.29, 1.82) is 0 Å². The first-order valence-electron chi connectivity index (χ1n) is 7.02. The van der Waals surface area contributed by atoms with E-state index in [1.165, 1.54) is 13.2 Å². The Morgan fingerprint density at radius 1 is 1.26 bits per heavy atom. The van der Waals surface area contributed by atoms with Gasteiger partial charge >= 0.3 is 6.18 Å². The number of nitrogens with one attached hydrogen (secondary N) is 1. The lowest BCUT2D eigenvalue weighted by molar-refractivity contribution is -0.153. The number of methoxy groups -OCH3 is 1. The number of aromatic nitrogens is 2. The molecule has 0 aliphatic heterocycles. The van der Waals surface area contributed by atoms with Crippen LogP contribution >= 0.6 is 0 Å². The van der Waals surface area contributed by atoms with Crippen LogP contribution in [0.4, 0.5) is 13.2 Å². The lowest BCUT2D eigenvalue weighted by atomic mass is 10.2. The number of benzene rings is 1. The number of hydrogen-bond acceptors (Lipinski definition) is 4. The summed E-state index contributed by atoms with van der Waals surface area (Å²) in [6.07, 6.45) is -0.792. The molecule has 2 aromatic rings. The van der Waals surface area contributed by atoms with Crippen LogP contribution in [-0.4, -0.2) is 36.2 Å². The molecule has 2 rings (SSSR count). The minimum atomic E-state index is -4.38. The summed E-state index contributed by atoms with van der Waals surface area (Å²) in [6, 6.07) is 6.70. The summed E-state index contributed by atoms with van der Waals surface area (Å²) in [5, 5.41) is 7.32. The molecule has 0 saturated heterocycles. The molecule has 1 aromatic carbocycles. The average Bonchev–Trinajstić information content (AvgIpc) is 3.02. The lowest BCUT2D eigenvalue weighted by Gasteiger charge is -2.14.